The number of hydrogen-bond acceptors (Lipinski definition) is 3. The van der Waals surface area contributed by atoms with Crippen LogP contribution in [0, 0.1) is 0 Å². The zero-order chi connectivity index (χ0) is 13.8. The SMILES string of the molecule is CNCC(=O)N1CCC(N(C)CC(F)(F)F)CC1.Cl. The number of alkyl halides is 3. The highest BCUT2D eigenvalue weighted by Gasteiger charge is 2.33. The molecule has 4 nitrogen and oxygen atoms in total. The van der Waals surface area contributed by atoms with Crippen LogP contribution in [0.2, 0.25) is 0 Å². The molecule has 1 fully saturated rings. The van der Waals surface area contributed by atoms with Crippen LogP contribution in [0.3, 0.4) is 0 Å². The van der Waals surface area contributed by atoms with E-state index in [-0.39, 0.29) is 30.9 Å². The summed E-state index contributed by atoms with van der Waals surface area (Å²) in [5.41, 5.74) is 0. The third-order valence-corrected chi connectivity index (χ3v) is 3.20. The molecule has 1 aliphatic heterocycles. The van der Waals surface area contributed by atoms with Gasteiger partial charge in [0.1, 0.15) is 0 Å². The molecule has 1 heterocycles. The normalized spacial score (nSPS) is 17.5. The summed E-state index contributed by atoms with van der Waals surface area (Å²) in [5.74, 6) is 0.00873. The zero-order valence-corrected chi connectivity index (χ0v) is 12.0. The zero-order valence-electron chi connectivity index (χ0n) is 11.2. The molecule has 8 heteroatoms. The first-order valence-corrected chi connectivity index (χ1v) is 6.03. The van der Waals surface area contributed by atoms with Crippen LogP contribution in [0.5, 0.6) is 0 Å². The molecule has 0 spiro atoms. The van der Waals surface area contributed by atoms with Crippen molar-refractivity contribution in [2.24, 2.45) is 0 Å². The Balaban J connectivity index is 0.00000324. The van der Waals surface area contributed by atoms with Crippen LogP contribution < -0.4 is 5.32 Å². The fourth-order valence-electron chi connectivity index (χ4n) is 2.23. The van der Waals surface area contributed by atoms with Gasteiger partial charge in [0.05, 0.1) is 13.1 Å². The molecule has 19 heavy (non-hydrogen) atoms. The van der Waals surface area contributed by atoms with Crippen molar-refractivity contribution >= 4 is 18.3 Å². The highest BCUT2D eigenvalue weighted by molar-refractivity contribution is 5.85. The number of carbonyl (C=O) groups excluding carboxylic acids is 1. The maximum atomic E-state index is 12.3. The smallest absolute Gasteiger partial charge is 0.341 e. The maximum Gasteiger partial charge on any atom is 0.401 e. The third kappa shape index (κ3) is 6.44. The van der Waals surface area contributed by atoms with Gasteiger partial charge in [-0.3, -0.25) is 9.69 Å². The van der Waals surface area contributed by atoms with Crippen LogP contribution in [-0.4, -0.2) is 68.2 Å². The van der Waals surface area contributed by atoms with Crippen molar-refractivity contribution in [2.75, 3.05) is 40.3 Å². The Kier molecular flexibility index (Phi) is 7.69. The van der Waals surface area contributed by atoms with Crippen LogP contribution in [0.25, 0.3) is 0 Å². The fourth-order valence-corrected chi connectivity index (χ4v) is 2.23. The lowest BCUT2D eigenvalue weighted by molar-refractivity contribution is -0.150. The molecule has 1 N–H and O–H groups in total. The van der Waals surface area contributed by atoms with E-state index in [0.29, 0.717) is 25.9 Å². The van der Waals surface area contributed by atoms with Crippen molar-refractivity contribution in [3.8, 4) is 0 Å². The molecule has 0 unspecified atom stereocenters. The molecule has 114 valence electrons. The number of nitrogens with zero attached hydrogens (tertiary/aromatic N) is 2. The Labute approximate surface area is 117 Å². The van der Waals surface area contributed by atoms with Gasteiger partial charge in [-0.25, -0.2) is 0 Å². The lowest BCUT2D eigenvalue weighted by Gasteiger charge is -2.37. The molecule has 0 atom stereocenters. The molecule has 0 radical (unpaired) electrons. The number of likely N-dealkylation sites (tertiary alicyclic amines) is 1. The molecule has 1 saturated heterocycles. The summed E-state index contributed by atoms with van der Waals surface area (Å²) in [6, 6.07) is -0.0924. The average molecular weight is 304 g/mol. The highest BCUT2D eigenvalue weighted by Crippen LogP contribution is 2.21. The summed E-state index contributed by atoms with van der Waals surface area (Å²) in [6.45, 7) is 0.464. The number of carbonyl (C=O) groups is 1. The molecule has 0 aliphatic carbocycles. The minimum atomic E-state index is -4.16. The van der Waals surface area contributed by atoms with E-state index in [0.717, 1.165) is 0 Å². The summed E-state index contributed by atoms with van der Waals surface area (Å²) in [5, 5.41) is 2.78. The number of piperidine rings is 1. The summed E-state index contributed by atoms with van der Waals surface area (Å²) in [6.07, 6.45) is -2.96. The van der Waals surface area contributed by atoms with E-state index in [4.69, 9.17) is 0 Å². The second kappa shape index (κ2) is 7.91. The third-order valence-electron chi connectivity index (χ3n) is 3.20. The van der Waals surface area contributed by atoms with E-state index < -0.39 is 12.7 Å². The van der Waals surface area contributed by atoms with E-state index in [1.165, 1.54) is 11.9 Å². The van der Waals surface area contributed by atoms with Crippen LogP contribution in [0.4, 0.5) is 13.2 Å². The van der Waals surface area contributed by atoms with Crippen molar-refractivity contribution in [1.29, 1.82) is 0 Å². The molecule has 1 amide bonds. The van der Waals surface area contributed by atoms with Crippen molar-refractivity contribution in [1.82, 2.24) is 15.1 Å². The van der Waals surface area contributed by atoms with Crippen molar-refractivity contribution < 1.29 is 18.0 Å². The quantitative estimate of drug-likeness (QED) is 0.845. The number of nitrogens with one attached hydrogen (secondary N) is 1. The highest BCUT2D eigenvalue weighted by atomic mass is 35.5. The van der Waals surface area contributed by atoms with E-state index in [9.17, 15) is 18.0 Å². The Bertz CT molecular complexity index is 281. The largest absolute Gasteiger partial charge is 0.401 e. The molecule has 0 aromatic carbocycles. The summed E-state index contributed by atoms with van der Waals surface area (Å²) < 4.78 is 36.8. The van der Waals surface area contributed by atoms with Gasteiger partial charge in [-0.2, -0.15) is 13.2 Å². The molecule has 0 aromatic rings. The van der Waals surface area contributed by atoms with Gasteiger partial charge in [0, 0.05) is 19.1 Å². The standard InChI is InChI=1S/C11H20F3N3O.ClH/c1-15-7-10(18)17-5-3-9(4-6-17)16(2)8-11(12,13)14;/h9,15H,3-8H2,1-2H3;1H. The first-order chi connectivity index (χ1) is 8.33. The molecular formula is C11H21ClF3N3O. The topological polar surface area (TPSA) is 35.6 Å². The lowest BCUT2D eigenvalue weighted by Crippen LogP contribution is -2.49. The second-order valence-corrected chi connectivity index (χ2v) is 4.67. The van der Waals surface area contributed by atoms with Gasteiger partial charge < -0.3 is 10.2 Å². The van der Waals surface area contributed by atoms with Gasteiger partial charge in [0.25, 0.3) is 0 Å². The number of hydrogen-bond donors (Lipinski definition) is 1. The van der Waals surface area contributed by atoms with E-state index >= 15 is 0 Å². The number of rotatable bonds is 4. The van der Waals surface area contributed by atoms with Gasteiger partial charge in [-0.15, -0.1) is 12.4 Å². The number of halogens is 4. The first-order valence-electron chi connectivity index (χ1n) is 6.03. The summed E-state index contributed by atoms with van der Waals surface area (Å²) >= 11 is 0. The monoisotopic (exact) mass is 303 g/mol. The van der Waals surface area contributed by atoms with Gasteiger partial charge in [-0.05, 0) is 26.9 Å². The Morgan fingerprint density at radius 2 is 1.89 bits per heavy atom. The van der Waals surface area contributed by atoms with Gasteiger partial charge in [-0.1, -0.05) is 0 Å². The fraction of sp³-hybridized carbons (Fsp3) is 0.909. The first kappa shape index (κ1) is 18.5. The van der Waals surface area contributed by atoms with E-state index in [1.54, 1.807) is 11.9 Å². The maximum absolute atomic E-state index is 12.3. The van der Waals surface area contributed by atoms with Crippen molar-refractivity contribution in [3.05, 3.63) is 0 Å². The van der Waals surface area contributed by atoms with Crippen LogP contribution >= 0.6 is 12.4 Å². The Morgan fingerprint density at radius 1 is 1.37 bits per heavy atom. The Morgan fingerprint density at radius 3 is 2.32 bits per heavy atom. The minimum absolute atomic E-state index is 0. The van der Waals surface area contributed by atoms with Gasteiger partial charge in [0.15, 0.2) is 0 Å². The predicted octanol–water partition coefficient (Wildman–Crippen LogP) is 1.11. The molecule has 0 saturated carbocycles. The van der Waals surface area contributed by atoms with Crippen molar-refractivity contribution in [3.63, 3.8) is 0 Å². The average Bonchev–Trinajstić information content (AvgIpc) is 2.27. The van der Waals surface area contributed by atoms with Crippen LogP contribution in [0.1, 0.15) is 12.8 Å². The molecule has 1 aliphatic rings. The second-order valence-electron chi connectivity index (χ2n) is 4.67. The molecular weight excluding hydrogens is 283 g/mol. The number of amides is 1. The minimum Gasteiger partial charge on any atom is -0.341 e. The molecule has 1 rings (SSSR count). The van der Waals surface area contributed by atoms with Gasteiger partial charge >= 0.3 is 6.18 Å². The summed E-state index contributed by atoms with van der Waals surface area (Å²) in [7, 11) is 3.19. The van der Waals surface area contributed by atoms with Crippen LogP contribution in [0.15, 0.2) is 0 Å². The lowest BCUT2D eigenvalue weighted by atomic mass is 10.0. The Hall–Kier alpha value is -0.530. The summed E-state index contributed by atoms with van der Waals surface area (Å²) in [4.78, 5) is 14.6. The molecule has 0 bridgehead atoms. The van der Waals surface area contributed by atoms with Crippen molar-refractivity contribution in [2.45, 2.75) is 25.1 Å². The van der Waals surface area contributed by atoms with E-state index in [1.807, 2.05) is 0 Å². The van der Waals surface area contributed by atoms with Gasteiger partial charge in [0.2, 0.25) is 5.91 Å². The molecule has 0 aromatic heterocycles. The van der Waals surface area contributed by atoms with Crippen LogP contribution in [-0.2, 0) is 4.79 Å². The van der Waals surface area contributed by atoms with E-state index in [2.05, 4.69) is 5.32 Å². The number of likely N-dealkylation sites (N-methyl/N-ethyl adjacent to an activating group) is 1. The predicted molar refractivity (Wildman–Crippen MR) is 69.5 cm³/mol.